The number of likely N-dealkylation sites (tertiary alicyclic amines) is 1. The van der Waals surface area contributed by atoms with Crippen molar-refractivity contribution in [1.29, 1.82) is 0 Å². The Bertz CT molecular complexity index is 239. The number of rotatable bonds is 4. The van der Waals surface area contributed by atoms with Gasteiger partial charge in [0.05, 0.1) is 10.6 Å². The van der Waals surface area contributed by atoms with Crippen LogP contribution in [0.3, 0.4) is 0 Å². The Morgan fingerprint density at radius 3 is 3.21 bits per heavy atom. The second-order valence-corrected chi connectivity index (χ2v) is 5.40. The molecule has 0 saturated carbocycles. The van der Waals surface area contributed by atoms with Crippen molar-refractivity contribution in [2.45, 2.75) is 17.7 Å². The lowest BCUT2D eigenvalue weighted by molar-refractivity contribution is -0.132. The van der Waals surface area contributed by atoms with Crippen molar-refractivity contribution in [2.75, 3.05) is 24.6 Å². The fourth-order valence-corrected chi connectivity index (χ4v) is 2.65. The summed E-state index contributed by atoms with van der Waals surface area (Å²) in [5, 5.41) is 0. The highest BCUT2D eigenvalue weighted by Gasteiger charge is 2.25. The molecule has 14 heavy (non-hydrogen) atoms. The van der Waals surface area contributed by atoms with E-state index in [0.29, 0.717) is 0 Å². The van der Waals surface area contributed by atoms with Crippen LogP contribution in [-0.2, 0) is 4.79 Å². The maximum atomic E-state index is 11.6. The molecular weight excluding hydrogens is 262 g/mol. The number of nitrogens with zero attached hydrogens (tertiary/aromatic N) is 1. The Morgan fingerprint density at radius 2 is 2.50 bits per heavy atom. The van der Waals surface area contributed by atoms with Gasteiger partial charge in [0.2, 0.25) is 5.91 Å². The quantitative estimate of drug-likeness (QED) is 0.443. The van der Waals surface area contributed by atoms with Gasteiger partial charge < -0.3 is 4.90 Å². The molecule has 0 aromatic carbocycles. The molecule has 1 rings (SSSR count). The molecule has 1 atom stereocenters. The second kappa shape index (κ2) is 6.36. The molecule has 0 aromatic rings. The van der Waals surface area contributed by atoms with E-state index in [-0.39, 0.29) is 10.7 Å². The van der Waals surface area contributed by atoms with E-state index in [1.54, 1.807) is 11.8 Å². The Labute approximate surface area is 97.9 Å². The molecule has 1 aliphatic heterocycles. The van der Waals surface area contributed by atoms with Gasteiger partial charge in [-0.25, -0.2) is 0 Å². The molecule has 0 bridgehead atoms. The van der Waals surface area contributed by atoms with Crippen molar-refractivity contribution in [3.63, 3.8) is 0 Å². The third-order valence-electron chi connectivity index (χ3n) is 2.16. The predicted octanol–water partition coefficient (Wildman–Crippen LogP) is 1.74. The molecule has 1 amide bonds. The summed E-state index contributed by atoms with van der Waals surface area (Å²) in [6.07, 6.45) is 7.20. The molecule has 0 aliphatic carbocycles. The Balaban J connectivity index is 2.23. The molecule has 2 nitrogen and oxygen atoms in total. The second-order valence-electron chi connectivity index (χ2n) is 3.19. The number of amides is 1. The first-order chi connectivity index (χ1) is 6.75. The number of carbonyl (C=O) groups is 1. The zero-order chi connectivity index (χ0) is 10.4. The normalized spacial score (nSPS) is 22.1. The maximum Gasteiger partial charge on any atom is 0.236 e. The van der Waals surface area contributed by atoms with Crippen LogP contribution in [0.25, 0.3) is 0 Å². The summed E-state index contributed by atoms with van der Waals surface area (Å²) in [6, 6.07) is 0. The number of piperidine rings is 1. The van der Waals surface area contributed by atoms with Crippen molar-refractivity contribution < 1.29 is 4.79 Å². The Morgan fingerprint density at radius 1 is 1.71 bits per heavy atom. The predicted molar refractivity (Wildman–Crippen MR) is 64.7 cm³/mol. The average Bonchev–Trinajstić information content (AvgIpc) is 2.19. The number of halogens is 1. The SMILES string of the molecule is C#CCSCCN1CCCC(Br)C1=O. The van der Waals surface area contributed by atoms with Crippen LogP contribution < -0.4 is 0 Å². The summed E-state index contributed by atoms with van der Waals surface area (Å²) in [6.45, 7) is 1.73. The lowest BCUT2D eigenvalue weighted by atomic mass is 10.1. The number of terminal acetylenes is 1. The molecule has 0 aromatic heterocycles. The molecule has 1 saturated heterocycles. The van der Waals surface area contributed by atoms with E-state index >= 15 is 0 Å². The van der Waals surface area contributed by atoms with Crippen LogP contribution in [0.2, 0.25) is 0 Å². The van der Waals surface area contributed by atoms with Gasteiger partial charge >= 0.3 is 0 Å². The fourth-order valence-electron chi connectivity index (χ4n) is 1.42. The monoisotopic (exact) mass is 275 g/mol. The van der Waals surface area contributed by atoms with Gasteiger partial charge in [0.25, 0.3) is 0 Å². The number of thioether (sulfide) groups is 1. The van der Waals surface area contributed by atoms with E-state index in [9.17, 15) is 4.79 Å². The van der Waals surface area contributed by atoms with Crippen LogP contribution in [-0.4, -0.2) is 40.2 Å². The highest BCUT2D eigenvalue weighted by molar-refractivity contribution is 9.10. The zero-order valence-corrected chi connectivity index (χ0v) is 10.4. The van der Waals surface area contributed by atoms with Crippen molar-refractivity contribution in [3.05, 3.63) is 0 Å². The van der Waals surface area contributed by atoms with Gasteiger partial charge in [0.1, 0.15) is 0 Å². The Kier molecular flexibility index (Phi) is 5.42. The first kappa shape index (κ1) is 11.9. The minimum atomic E-state index is 0.0360. The van der Waals surface area contributed by atoms with Crippen LogP contribution in [0.1, 0.15) is 12.8 Å². The molecule has 78 valence electrons. The van der Waals surface area contributed by atoms with E-state index in [2.05, 4.69) is 21.9 Å². The number of alkyl halides is 1. The lowest BCUT2D eigenvalue weighted by Gasteiger charge is -2.29. The highest BCUT2D eigenvalue weighted by atomic mass is 79.9. The van der Waals surface area contributed by atoms with E-state index in [4.69, 9.17) is 6.42 Å². The smallest absolute Gasteiger partial charge is 0.236 e. The summed E-state index contributed by atoms with van der Waals surface area (Å²) in [4.78, 5) is 13.6. The third-order valence-corrected chi connectivity index (χ3v) is 3.85. The summed E-state index contributed by atoms with van der Waals surface area (Å²) >= 11 is 5.09. The molecule has 1 unspecified atom stereocenters. The van der Waals surface area contributed by atoms with Gasteiger partial charge in [0, 0.05) is 18.8 Å². The van der Waals surface area contributed by atoms with E-state index in [0.717, 1.165) is 37.4 Å². The van der Waals surface area contributed by atoms with Crippen molar-refractivity contribution >= 4 is 33.6 Å². The summed E-state index contributed by atoms with van der Waals surface area (Å²) in [5.41, 5.74) is 0. The van der Waals surface area contributed by atoms with Gasteiger partial charge in [-0.05, 0) is 12.8 Å². The number of hydrogen-bond acceptors (Lipinski definition) is 2. The molecular formula is C10H14BrNOS. The maximum absolute atomic E-state index is 11.6. The van der Waals surface area contributed by atoms with Gasteiger partial charge in [-0.2, -0.15) is 0 Å². The van der Waals surface area contributed by atoms with Crippen LogP contribution in [0.15, 0.2) is 0 Å². The topological polar surface area (TPSA) is 20.3 Å². The molecule has 0 spiro atoms. The van der Waals surface area contributed by atoms with Gasteiger partial charge in [0.15, 0.2) is 0 Å². The molecule has 4 heteroatoms. The van der Waals surface area contributed by atoms with Gasteiger partial charge in [-0.15, -0.1) is 18.2 Å². The van der Waals surface area contributed by atoms with E-state index < -0.39 is 0 Å². The highest BCUT2D eigenvalue weighted by Crippen LogP contribution is 2.18. The van der Waals surface area contributed by atoms with Gasteiger partial charge in [-0.3, -0.25) is 4.79 Å². The summed E-state index contributed by atoms with van der Waals surface area (Å²) in [7, 11) is 0. The molecule has 1 aliphatic rings. The number of carbonyl (C=O) groups excluding carboxylic acids is 1. The molecule has 1 fully saturated rings. The standard InChI is InChI=1S/C10H14BrNOS/c1-2-7-14-8-6-12-5-3-4-9(11)10(12)13/h1,9H,3-8H2. The molecule has 0 N–H and O–H groups in total. The van der Waals surface area contributed by atoms with Crippen molar-refractivity contribution in [2.24, 2.45) is 0 Å². The van der Waals surface area contributed by atoms with Crippen molar-refractivity contribution in [3.8, 4) is 12.3 Å². The first-order valence-corrected chi connectivity index (χ1v) is 6.77. The zero-order valence-electron chi connectivity index (χ0n) is 8.04. The molecule has 1 heterocycles. The lowest BCUT2D eigenvalue weighted by Crippen LogP contribution is -2.42. The summed E-state index contributed by atoms with van der Waals surface area (Å²) in [5.74, 6) is 4.49. The Hall–Kier alpha value is -0.140. The van der Waals surface area contributed by atoms with Crippen LogP contribution in [0.5, 0.6) is 0 Å². The first-order valence-electron chi connectivity index (χ1n) is 4.69. The number of hydrogen-bond donors (Lipinski definition) is 0. The van der Waals surface area contributed by atoms with E-state index in [1.165, 1.54) is 0 Å². The fraction of sp³-hybridized carbons (Fsp3) is 0.700. The van der Waals surface area contributed by atoms with Crippen molar-refractivity contribution in [1.82, 2.24) is 4.90 Å². The van der Waals surface area contributed by atoms with Crippen LogP contribution in [0, 0.1) is 12.3 Å². The minimum absolute atomic E-state index is 0.0360. The van der Waals surface area contributed by atoms with E-state index in [1.807, 2.05) is 4.90 Å². The van der Waals surface area contributed by atoms with Crippen LogP contribution in [0.4, 0.5) is 0 Å². The van der Waals surface area contributed by atoms with Gasteiger partial charge in [-0.1, -0.05) is 21.9 Å². The summed E-state index contributed by atoms with van der Waals surface area (Å²) < 4.78 is 0. The third kappa shape index (κ3) is 3.55. The minimum Gasteiger partial charge on any atom is -0.341 e. The van der Waals surface area contributed by atoms with Crippen LogP contribution >= 0.6 is 27.7 Å². The molecule has 0 radical (unpaired) electrons. The average molecular weight is 276 g/mol. The largest absolute Gasteiger partial charge is 0.341 e.